The number of aldehydes is 1. The molecule has 0 aromatic heterocycles. The molecule has 3 nitrogen and oxygen atoms in total. The molecule has 0 spiro atoms. The van der Waals surface area contributed by atoms with Gasteiger partial charge < -0.3 is 9.69 Å². The van der Waals surface area contributed by atoms with Crippen LogP contribution in [0.4, 0.5) is 0 Å². The van der Waals surface area contributed by atoms with Gasteiger partial charge in [-0.05, 0) is 24.8 Å². The van der Waals surface area contributed by atoms with Crippen molar-refractivity contribution in [3.05, 3.63) is 23.3 Å². The summed E-state index contributed by atoms with van der Waals surface area (Å²) in [5.74, 6) is 0.0543. The topological polar surface area (TPSA) is 37.4 Å². The summed E-state index contributed by atoms with van der Waals surface area (Å²) in [7, 11) is 0. The van der Waals surface area contributed by atoms with Crippen LogP contribution in [-0.2, 0) is 9.59 Å². The quantitative estimate of drug-likeness (QED) is 0.483. The molecule has 2 rings (SSSR count). The Morgan fingerprint density at radius 2 is 2.29 bits per heavy atom. The zero-order valence-corrected chi connectivity index (χ0v) is 8.03. The summed E-state index contributed by atoms with van der Waals surface area (Å²) < 4.78 is 0. The van der Waals surface area contributed by atoms with Gasteiger partial charge in [-0.2, -0.15) is 0 Å². The third-order valence-electron chi connectivity index (χ3n) is 2.75. The van der Waals surface area contributed by atoms with E-state index in [-0.39, 0.29) is 12.5 Å². The van der Waals surface area contributed by atoms with Crippen LogP contribution in [0.2, 0.25) is 0 Å². The van der Waals surface area contributed by atoms with Gasteiger partial charge in [0.1, 0.15) is 6.29 Å². The molecule has 0 N–H and O–H groups in total. The predicted octanol–water partition coefficient (Wildman–Crippen LogP) is 1.06. The first kappa shape index (κ1) is 9.19. The molecule has 0 unspecified atom stereocenters. The molecule has 1 aliphatic heterocycles. The largest absolute Gasteiger partial charge is 0.328 e. The third kappa shape index (κ3) is 1.50. The molecule has 0 fully saturated rings. The molecule has 0 saturated carbocycles. The molecule has 0 aromatic carbocycles. The lowest BCUT2D eigenvalue weighted by atomic mass is 10.1. The number of amides is 1. The van der Waals surface area contributed by atoms with Crippen molar-refractivity contribution < 1.29 is 9.59 Å². The first-order chi connectivity index (χ1) is 6.83. The van der Waals surface area contributed by atoms with Crippen LogP contribution in [0.3, 0.4) is 0 Å². The van der Waals surface area contributed by atoms with Crippen molar-refractivity contribution in [2.75, 3.05) is 13.1 Å². The van der Waals surface area contributed by atoms with Crippen LogP contribution in [0.5, 0.6) is 0 Å². The van der Waals surface area contributed by atoms with Crippen molar-refractivity contribution in [1.29, 1.82) is 0 Å². The number of hydrogen-bond acceptors (Lipinski definition) is 2. The van der Waals surface area contributed by atoms with Gasteiger partial charge in [0.2, 0.25) is 0 Å². The van der Waals surface area contributed by atoms with Gasteiger partial charge >= 0.3 is 0 Å². The number of carbonyl (C=O) groups is 2. The van der Waals surface area contributed by atoms with E-state index in [1.165, 1.54) is 5.57 Å². The van der Waals surface area contributed by atoms with Crippen molar-refractivity contribution in [3.63, 3.8) is 0 Å². The fourth-order valence-electron chi connectivity index (χ4n) is 2.02. The monoisotopic (exact) mass is 191 g/mol. The van der Waals surface area contributed by atoms with Crippen LogP contribution in [0, 0.1) is 0 Å². The number of hydrogen-bond donors (Lipinski definition) is 0. The summed E-state index contributed by atoms with van der Waals surface area (Å²) >= 11 is 0. The highest BCUT2D eigenvalue weighted by Gasteiger charge is 2.28. The summed E-state index contributed by atoms with van der Waals surface area (Å²) in [5.41, 5.74) is 2.14. The van der Waals surface area contributed by atoms with Gasteiger partial charge in [-0.3, -0.25) is 4.79 Å². The Morgan fingerprint density at radius 1 is 1.43 bits per heavy atom. The first-order valence-electron chi connectivity index (χ1n) is 4.91. The normalized spacial score (nSPS) is 21.1. The van der Waals surface area contributed by atoms with Gasteiger partial charge in [-0.15, -0.1) is 0 Å². The van der Waals surface area contributed by atoms with Gasteiger partial charge in [0.15, 0.2) is 0 Å². The molecule has 1 heterocycles. The summed E-state index contributed by atoms with van der Waals surface area (Å²) in [5, 5.41) is 0. The fraction of sp³-hybridized carbons (Fsp3) is 0.455. The number of allylic oxidation sites excluding steroid dienone is 2. The maximum absolute atomic E-state index is 11.8. The Bertz CT molecular complexity index is 328. The third-order valence-corrected chi connectivity index (χ3v) is 2.75. The van der Waals surface area contributed by atoms with Gasteiger partial charge in [-0.1, -0.05) is 12.2 Å². The lowest BCUT2D eigenvalue weighted by Crippen LogP contribution is -2.29. The van der Waals surface area contributed by atoms with E-state index in [1.807, 2.05) is 6.08 Å². The zero-order valence-electron chi connectivity index (χ0n) is 8.03. The average Bonchev–Trinajstić information content (AvgIpc) is 2.41. The molecule has 1 aliphatic carbocycles. The molecular formula is C11H13NO2. The Kier molecular flexibility index (Phi) is 2.48. The molecule has 14 heavy (non-hydrogen) atoms. The van der Waals surface area contributed by atoms with Crippen LogP contribution in [0.1, 0.15) is 19.3 Å². The summed E-state index contributed by atoms with van der Waals surface area (Å²) in [6, 6.07) is 0. The molecule has 0 saturated heterocycles. The van der Waals surface area contributed by atoms with Crippen molar-refractivity contribution in [3.8, 4) is 0 Å². The lowest BCUT2D eigenvalue weighted by molar-refractivity contribution is -0.127. The van der Waals surface area contributed by atoms with Crippen molar-refractivity contribution >= 4 is 12.2 Å². The molecular weight excluding hydrogens is 178 g/mol. The predicted molar refractivity (Wildman–Crippen MR) is 52.7 cm³/mol. The molecule has 0 aromatic rings. The SMILES string of the molecule is O=CCN1CC2=C(CC=CCC2)C1=O. The Hall–Kier alpha value is -1.38. The van der Waals surface area contributed by atoms with Crippen molar-refractivity contribution in [2.45, 2.75) is 19.3 Å². The van der Waals surface area contributed by atoms with Crippen LogP contribution < -0.4 is 0 Å². The minimum absolute atomic E-state index is 0.0543. The highest BCUT2D eigenvalue weighted by atomic mass is 16.2. The second-order valence-electron chi connectivity index (χ2n) is 3.65. The minimum atomic E-state index is 0.0543. The molecule has 3 heteroatoms. The molecule has 0 bridgehead atoms. The smallest absolute Gasteiger partial charge is 0.250 e. The zero-order chi connectivity index (χ0) is 9.97. The van der Waals surface area contributed by atoms with Gasteiger partial charge in [0, 0.05) is 12.1 Å². The highest BCUT2D eigenvalue weighted by Crippen LogP contribution is 2.27. The Balaban J connectivity index is 2.16. The first-order valence-corrected chi connectivity index (χ1v) is 4.91. The number of nitrogens with zero attached hydrogens (tertiary/aromatic N) is 1. The fourth-order valence-corrected chi connectivity index (χ4v) is 2.02. The van der Waals surface area contributed by atoms with Gasteiger partial charge in [0.05, 0.1) is 6.54 Å². The molecule has 0 radical (unpaired) electrons. The molecule has 74 valence electrons. The molecule has 1 amide bonds. The number of rotatable bonds is 2. The molecule has 0 atom stereocenters. The highest BCUT2D eigenvalue weighted by molar-refractivity contribution is 5.98. The summed E-state index contributed by atoms with van der Waals surface area (Å²) in [6.07, 6.45) is 7.68. The Labute approximate surface area is 83.1 Å². The summed E-state index contributed by atoms with van der Waals surface area (Å²) in [4.78, 5) is 23.7. The maximum Gasteiger partial charge on any atom is 0.250 e. The van der Waals surface area contributed by atoms with Crippen molar-refractivity contribution in [2.24, 2.45) is 0 Å². The van der Waals surface area contributed by atoms with Crippen LogP contribution in [0.15, 0.2) is 23.3 Å². The van der Waals surface area contributed by atoms with Gasteiger partial charge in [0.25, 0.3) is 5.91 Å². The van der Waals surface area contributed by atoms with Crippen molar-refractivity contribution in [1.82, 2.24) is 4.90 Å². The molecule has 2 aliphatic rings. The van der Waals surface area contributed by atoms with E-state index >= 15 is 0 Å². The van der Waals surface area contributed by atoms with E-state index in [2.05, 4.69) is 6.08 Å². The van der Waals surface area contributed by atoms with E-state index in [1.54, 1.807) is 4.90 Å². The number of carbonyl (C=O) groups excluding carboxylic acids is 2. The Morgan fingerprint density at radius 3 is 3.07 bits per heavy atom. The van der Waals surface area contributed by atoms with E-state index < -0.39 is 0 Å². The average molecular weight is 191 g/mol. The van der Waals surface area contributed by atoms with E-state index in [0.29, 0.717) is 6.54 Å². The van der Waals surface area contributed by atoms with Gasteiger partial charge in [-0.25, -0.2) is 0 Å². The second-order valence-corrected chi connectivity index (χ2v) is 3.65. The van der Waals surface area contributed by atoms with E-state index in [9.17, 15) is 9.59 Å². The van der Waals surface area contributed by atoms with E-state index in [4.69, 9.17) is 0 Å². The maximum atomic E-state index is 11.8. The standard InChI is InChI=1S/C11H13NO2/c13-7-6-12-8-9-4-2-1-3-5-10(9)11(12)14/h1,3,7H,2,4-6,8H2. The summed E-state index contributed by atoms with van der Waals surface area (Å²) in [6.45, 7) is 0.893. The van der Waals surface area contributed by atoms with E-state index in [0.717, 1.165) is 31.1 Å². The lowest BCUT2D eigenvalue weighted by Gasteiger charge is -2.12. The second kappa shape index (κ2) is 3.78. The van der Waals surface area contributed by atoms with Crippen LogP contribution in [0.25, 0.3) is 0 Å². The van der Waals surface area contributed by atoms with Crippen LogP contribution in [-0.4, -0.2) is 30.2 Å². The minimum Gasteiger partial charge on any atom is -0.328 e. The van der Waals surface area contributed by atoms with Crippen LogP contribution >= 0.6 is 0 Å².